The highest BCUT2D eigenvalue weighted by Gasteiger charge is 2.39. The van der Waals surface area contributed by atoms with Gasteiger partial charge in [-0.15, -0.1) is 0 Å². The van der Waals surface area contributed by atoms with Crippen molar-refractivity contribution in [2.75, 3.05) is 6.54 Å². The highest BCUT2D eigenvalue weighted by atomic mass is 16.3. The van der Waals surface area contributed by atoms with Crippen molar-refractivity contribution in [3.05, 3.63) is 65.5 Å². The Bertz CT molecular complexity index is 701. The minimum absolute atomic E-state index is 0.165. The Labute approximate surface area is 148 Å². The molecular weight excluding hydrogens is 314 g/mol. The molecule has 0 spiro atoms. The summed E-state index contributed by atoms with van der Waals surface area (Å²) in [6, 6.07) is 12.1. The largest absolute Gasteiger partial charge is 0.387 e. The van der Waals surface area contributed by atoms with Crippen molar-refractivity contribution in [3.63, 3.8) is 0 Å². The molecule has 1 aromatic heterocycles. The normalized spacial score (nSPS) is 20.2. The third-order valence-electron chi connectivity index (χ3n) is 4.66. The molecule has 25 heavy (non-hydrogen) atoms. The smallest absolute Gasteiger partial charge is 0.315 e. The van der Waals surface area contributed by atoms with Crippen LogP contribution in [-0.2, 0) is 0 Å². The Balaban J connectivity index is 1.44. The molecule has 3 rings (SSSR count). The minimum atomic E-state index is -0.752. The number of nitrogens with one attached hydrogen (secondary N) is 2. The van der Waals surface area contributed by atoms with Gasteiger partial charge in [-0.05, 0) is 29.5 Å². The molecule has 0 bridgehead atoms. The van der Waals surface area contributed by atoms with Crippen molar-refractivity contribution >= 4 is 6.03 Å². The molecule has 5 nitrogen and oxygen atoms in total. The van der Waals surface area contributed by atoms with Crippen LogP contribution in [0.5, 0.6) is 0 Å². The first-order valence-electron chi connectivity index (χ1n) is 8.77. The number of benzene rings is 1. The maximum atomic E-state index is 12.0. The van der Waals surface area contributed by atoms with E-state index in [4.69, 9.17) is 0 Å². The maximum absolute atomic E-state index is 12.0. The highest BCUT2D eigenvalue weighted by Crippen LogP contribution is 2.41. The second-order valence-electron chi connectivity index (χ2n) is 6.93. The van der Waals surface area contributed by atoms with Gasteiger partial charge in [-0.2, -0.15) is 0 Å². The van der Waals surface area contributed by atoms with Crippen molar-refractivity contribution in [1.82, 2.24) is 15.6 Å². The van der Waals surface area contributed by atoms with Crippen LogP contribution in [0, 0.1) is 0 Å². The predicted octanol–water partition coefficient (Wildman–Crippen LogP) is 3.09. The van der Waals surface area contributed by atoms with E-state index in [0.29, 0.717) is 17.4 Å². The van der Waals surface area contributed by atoms with Crippen LogP contribution >= 0.6 is 0 Å². The monoisotopic (exact) mass is 339 g/mol. The van der Waals surface area contributed by atoms with Crippen LogP contribution in [0.15, 0.2) is 48.8 Å². The average Bonchev–Trinajstić information content (AvgIpc) is 3.39. The fourth-order valence-corrected chi connectivity index (χ4v) is 2.95. The Morgan fingerprint density at radius 2 is 2.00 bits per heavy atom. The van der Waals surface area contributed by atoms with E-state index in [1.165, 1.54) is 11.1 Å². The lowest BCUT2D eigenvalue weighted by molar-refractivity contribution is 0.172. The van der Waals surface area contributed by atoms with E-state index in [1.54, 1.807) is 24.5 Å². The molecule has 0 saturated heterocycles. The van der Waals surface area contributed by atoms with Crippen LogP contribution in [0.25, 0.3) is 0 Å². The zero-order valence-electron chi connectivity index (χ0n) is 14.6. The predicted molar refractivity (Wildman–Crippen MR) is 97.4 cm³/mol. The number of pyridine rings is 1. The molecule has 3 N–H and O–H groups in total. The van der Waals surface area contributed by atoms with Crippen LogP contribution in [0.4, 0.5) is 4.79 Å². The molecule has 1 saturated carbocycles. The number of aliphatic hydroxyl groups excluding tert-OH is 1. The lowest BCUT2D eigenvalue weighted by atomic mass is 10.0. The van der Waals surface area contributed by atoms with Crippen molar-refractivity contribution in [2.45, 2.75) is 44.2 Å². The van der Waals surface area contributed by atoms with E-state index < -0.39 is 6.10 Å². The maximum Gasteiger partial charge on any atom is 0.315 e. The Kier molecular flexibility index (Phi) is 5.34. The van der Waals surface area contributed by atoms with Gasteiger partial charge >= 0.3 is 6.03 Å². The molecule has 0 unspecified atom stereocenters. The summed E-state index contributed by atoms with van der Waals surface area (Å²) in [6.45, 7) is 4.53. The fourth-order valence-electron chi connectivity index (χ4n) is 2.95. The van der Waals surface area contributed by atoms with Gasteiger partial charge in [0.05, 0.1) is 6.10 Å². The van der Waals surface area contributed by atoms with Gasteiger partial charge in [-0.25, -0.2) is 4.79 Å². The quantitative estimate of drug-likeness (QED) is 0.757. The highest BCUT2D eigenvalue weighted by molar-refractivity contribution is 5.75. The first-order chi connectivity index (χ1) is 12.0. The summed E-state index contributed by atoms with van der Waals surface area (Å²) in [5.74, 6) is 0.911. The topological polar surface area (TPSA) is 74.2 Å². The summed E-state index contributed by atoms with van der Waals surface area (Å²) in [5.41, 5.74) is 3.29. The zero-order chi connectivity index (χ0) is 17.8. The number of hydrogen-bond donors (Lipinski definition) is 3. The van der Waals surface area contributed by atoms with Gasteiger partial charge in [0, 0.05) is 36.5 Å². The van der Waals surface area contributed by atoms with Gasteiger partial charge in [0.25, 0.3) is 0 Å². The van der Waals surface area contributed by atoms with Crippen molar-refractivity contribution in [2.24, 2.45) is 0 Å². The molecule has 1 aliphatic rings. The van der Waals surface area contributed by atoms with E-state index in [2.05, 4.69) is 53.7 Å². The molecule has 0 radical (unpaired) electrons. The molecule has 132 valence electrons. The van der Waals surface area contributed by atoms with Crippen LogP contribution in [0.2, 0.25) is 0 Å². The first-order valence-corrected chi connectivity index (χ1v) is 8.77. The third-order valence-corrected chi connectivity index (χ3v) is 4.66. The number of aromatic nitrogens is 1. The van der Waals surface area contributed by atoms with Gasteiger partial charge in [-0.1, -0.05) is 44.2 Å². The number of rotatable bonds is 6. The van der Waals surface area contributed by atoms with Crippen LogP contribution < -0.4 is 10.6 Å². The summed E-state index contributed by atoms with van der Waals surface area (Å²) in [5, 5.41) is 15.7. The molecule has 5 heteroatoms. The van der Waals surface area contributed by atoms with E-state index >= 15 is 0 Å². The zero-order valence-corrected chi connectivity index (χ0v) is 14.6. The van der Waals surface area contributed by atoms with Crippen molar-refractivity contribution in [3.8, 4) is 0 Å². The molecule has 1 fully saturated rings. The van der Waals surface area contributed by atoms with E-state index in [0.717, 1.165) is 6.42 Å². The fraction of sp³-hybridized carbons (Fsp3) is 0.400. The number of carbonyl (C=O) groups is 1. The van der Waals surface area contributed by atoms with E-state index in [1.807, 2.05) is 0 Å². The summed E-state index contributed by atoms with van der Waals surface area (Å²) < 4.78 is 0. The number of nitrogens with zero attached hydrogens (tertiary/aromatic N) is 1. The summed E-state index contributed by atoms with van der Waals surface area (Å²) in [6.07, 6.45) is 3.46. The van der Waals surface area contributed by atoms with Gasteiger partial charge in [-0.3, -0.25) is 4.98 Å². The van der Waals surface area contributed by atoms with Crippen LogP contribution in [0.3, 0.4) is 0 Å². The van der Waals surface area contributed by atoms with Gasteiger partial charge < -0.3 is 15.7 Å². The second-order valence-corrected chi connectivity index (χ2v) is 6.93. The third kappa shape index (κ3) is 4.57. The second kappa shape index (κ2) is 7.66. The average molecular weight is 339 g/mol. The van der Waals surface area contributed by atoms with Gasteiger partial charge in [0.2, 0.25) is 0 Å². The molecule has 1 aliphatic carbocycles. The molecule has 1 heterocycles. The van der Waals surface area contributed by atoms with Gasteiger partial charge in [0.1, 0.15) is 0 Å². The number of aliphatic hydroxyl groups is 1. The van der Waals surface area contributed by atoms with Crippen LogP contribution in [-0.4, -0.2) is 28.7 Å². The molecular formula is C20H25N3O2. The molecule has 3 atom stereocenters. The Hall–Kier alpha value is -2.40. The first kappa shape index (κ1) is 17.4. The molecule has 2 aromatic rings. The minimum Gasteiger partial charge on any atom is -0.387 e. The lowest BCUT2D eigenvalue weighted by Crippen LogP contribution is -2.39. The standard InChI is InChI=1S/C20H25N3O2/c1-13(2)14-5-7-15(8-6-14)17-10-18(17)23-20(25)22-12-19(24)16-4-3-9-21-11-16/h3-9,11,13,17-19,24H,10,12H2,1-2H3,(H2,22,23,25)/t17-,18-,19+/m0/s1. The SMILES string of the molecule is CC(C)c1ccc([C@@H]2C[C@@H]2NC(=O)NC[C@@H](O)c2cccnc2)cc1. The lowest BCUT2D eigenvalue weighted by Gasteiger charge is -2.12. The number of urea groups is 1. The molecule has 1 aromatic carbocycles. The van der Waals surface area contributed by atoms with E-state index in [-0.39, 0.29) is 18.6 Å². The van der Waals surface area contributed by atoms with E-state index in [9.17, 15) is 9.90 Å². The van der Waals surface area contributed by atoms with Gasteiger partial charge in [0.15, 0.2) is 0 Å². The summed E-state index contributed by atoms with van der Waals surface area (Å²) in [7, 11) is 0. The van der Waals surface area contributed by atoms with Crippen molar-refractivity contribution < 1.29 is 9.90 Å². The summed E-state index contributed by atoms with van der Waals surface area (Å²) >= 11 is 0. The molecule has 0 aliphatic heterocycles. The number of carbonyl (C=O) groups excluding carboxylic acids is 1. The Morgan fingerprint density at radius 3 is 2.64 bits per heavy atom. The summed E-state index contributed by atoms with van der Waals surface area (Å²) in [4.78, 5) is 16.0. The Morgan fingerprint density at radius 1 is 1.24 bits per heavy atom. The number of hydrogen-bond acceptors (Lipinski definition) is 3. The number of amides is 2. The molecule has 2 amide bonds. The van der Waals surface area contributed by atoms with Crippen molar-refractivity contribution in [1.29, 1.82) is 0 Å². The van der Waals surface area contributed by atoms with Crippen LogP contribution in [0.1, 0.15) is 54.9 Å².